The van der Waals surface area contributed by atoms with E-state index in [9.17, 15) is 9.59 Å². The monoisotopic (exact) mass is 319 g/mol. The number of hydrogen-bond donors (Lipinski definition) is 2. The molecule has 0 saturated heterocycles. The summed E-state index contributed by atoms with van der Waals surface area (Å²) in [6, 6.07) is 0. The minimum absolute atomic E-state index is 0. The van der Waals surface area contributed by atoms with Crippen LogP contribution in [0, 0.1) is 0 Å². The molecular formula is C12H20CoO6. The third-order valence-corrected chi connectivity index (χ3v) is 1.24. The zero-order chi connectivity index (χ0) is 14.6. The maximum Gasteiger partial charge on any atom is 0.280 e. The summed E-state index contributed by atoms with van der Waals surface area (Å²) in [6.45, 7) is 6.88. The van der Waals surface area contributed by atoms with Gasteiger partial charge in [-0.2, -0.15) is 0 Å². The van der Waals surface area contributed by atoms with E-state index in [4.69, 9.17) is 10.2 Å². The molecule has 0 aromatic heterocycles. The Morgan fingerprint density at radius 1 is 0.895 bits per heavy atom. The number of carbonyl (C=O) groups is 2. The Hall–Kier alpha value is -1.47. The van der Waals surface area contributed by atoms with Gasteiger partial charge < -0.3 is 19.7 Å². The Morgan fingerprint density at radius 3 is 1.32 bits per heavy atom. The van der Waals surface area contributed by atoms with E-state index >= 15 is 0 Å². The zero-order valence-electron chi connectivity index (χ0n) is 11.4. The second-order valence-corrected chi connectivity index (χ2v) is 3.05. The quantitative estimate of drug-likeness (QED) is 0.575. The van der Waals surface area contributed by atoms with E-state index in [2.05, 4.69) is 9.47 Å². The van der Waals surface area contributed by atoms with Crippen molar-refractivity contribution in [3.8, 4) is 0 Å². The molecule has 0 spiro atoms. The third-order valence-electron chi connectivity index (χ3n) is 1.24. The first kappa shape index (κ1) is 22.7. The van der Waals surface area contributed by atoms with E-state index in [0.29, 0.717) is 13.2 Å². The van der Waals surface area contributed by atoms with Gasteiger partial charge in [-0.25, -0.2) is 0 Å². The standard InChI is InChI=1S/2C6H10O3.Co/c2*1-3-9-6(8)4-5(2)7;/h2*4,8H,3H2,1-2H3;/b6-4+;6-4-;. The summed E-state index contributed by atoms with van der Waals surface area (Å²) in [7, 11) is 0. The molecule has 113 valence electrons. The fourth-order valence-corrected chi connectivity index (χ4v) is 0.727. The van der Waals surface area contributed by atoms with Gasteiger partial charge in [-0.05, 0) is 27.7 Å². The average molecular weight is 319 g/mol. The molecule has 0 aromatic rings. The second-order valence-electron chi connectivity index (χ2n) is 3.05. The number of aliphatic hydroxyl groups excluding tert-OH is 2. The molecule has 0 fully saturated rings. The maximum atomic E-state index is 10.2. The summed E-state index contributed by atoms with van der Waals surface area (Å²) in [4.78, 5) is 20.4. The predicted octanol–water partition coefficient (Wildman–Crippen LogP) is 2.02. The normalized spacial score (nSPS) is 10.5. The van der Waals surface area contributed by atoms with Crippen LogP contribution >= 0.6 is 0 Å². The molecule has 6 nitrogen and oxygen atoms in total. The molecule has 0 aliphatic rings. The molecule has 0 saturated carbocycles. The van der Waals surface area contributed by atoms with Gasteiger partial charge in [0.25, 0.3) is 11.9 Å². The van der Waals surface area contributed by atoms with Gasteiger partial charge in [0.2, 0.25) is 0 Å². The molecule has 7 heteroatoms. The van der Waals surface area contributed by atoms with Gasteiger partial charge >= 0.3 is 0 Å². The van der Waals surface area contributed by atoms with Gasteiger partial charge in [0, 0.05) is 16.8 Å². The molecule has 0 unspecified atom stereocenters. The number of hydrogen-bond acceptors (Lipinski definition) is 6. The van der Waals surface area contributed by atoms with Gasteiger partial charge in [-0.15, -0.1) is 0 Å². The Kier molecular flexibility index (Phi) is 17.4. The van der Waals surface area contributed by atoms with Gasteiger partial charge in [0.1, 0.15) is 0 Å². The molecule has 19 heavy (non-hydrogen) atoms. The predicted molar refractivity (Wildman–Crippen MR) is 66.0 cm³/mol. The molecule has 0 aliphatic carbocycles. The first-order valence-corrected chi connectivity index (χ1v) is 5.41. The van der Waals surface area contributed by atoms with Crippen LogP contribution in [0.5, 0.6) is 0 Å². The van der Waals surface area contributed by atoms with Crippen molar-refractivity contribution < 1.29 is 46.1 Å². The summed E-state index contributed by atoms with van der Waals surface area (Å²) < 4.78 is 9.10. The van der Waals surface area contributed by atoms with Gasteiger partial charge in [0.15, 0.2) is 11.6 Å². The minimum atomic E-state index is -0.315. The number of ketones is 2. The Bertz CT molecular complexity index is 290. The maximum absolute atomic E-state index is 10.2. The second kappa shape index (κ2) is 14.6. The van der Waals surface area contributed by atoms with E-state index in [1.165, 1.54) is 13.8 Å². The molecule has 0 aromatic carbocycles. The number of allylic oxidation sites excluding steroid dienone is 2. The van der Waals surface area contributed by atoms with Crippen molar-refractivity contribution >= 4 is 11.6 Å². The van der Waals surface area contributed by atoms with Crippen LogP contribution in [0.4, 0.5) is 0 Å². The molecule has 1 radical (unpaired) electrons. The molecule has 0 bridgehead atoms. The van der Waals surface area contributed by atoms with E-state index in [1.807, 2.05) is 0 Å². The van der Waals surface area contributed by atoms with Crippen LogP contribution in [0.1, 0.15) is 27.7 Å². The molecule has 0 heterocycles. The minimum Gasteiger partial charge on any atom is -0.481 e. The fraction of sp³-hybridized carbons (Fsp3) is 0.500. The van der Waals surface area contributed by atoms with Gasteiger partial charge in [-0.3, -0.25) is 9.59 Å². The molecule has 0 atom stereocenters. The van der Waals surface area contributed by atoms with Crippen molar-refractivity contribution in [3.05, 3.63) is 24.0 Å². The van der Waals surface area contributed by atoms with Crippen molar-refractivity contribution in [1.82, 2.24) is 0 Å². The van der Waals surface area contributed by atoms with Crippen LogP contribution in [0.3, 0.4) is 0 Å². The Labute approximate surface area is 123 Å². The van der Waals surface area contributed by atoms with Crippen molar-refractivity contribution in [2.24, 2.45) is 0 Å². The average Bonchev–Trinajstić information content (AvgIpc) is 2.16. The Morgan fingerprint density at radius 2 is 1.16 bits per heavy atom. The topological polar surface area (TPSA) is 93.1 Å². The summed E-state index contributed by atoms with van der Waals surface area (Å²) in [6.07, 6.45) is 2.06. The van der Waals surface area contributed by atoms with Crippen LogP contribution < -0.4 is 0 Å². The van der Waals surface area contributed by atoms with E-state index in [1.54, 1.807) is 13.8 Å². The van der Waals surface area contributed by atoms with Crippen molar-refractivity contribution in [3.63, 3.8) is 0 Å². The smallest absolute Gasteiger partial charge is 0.280 e. The van der Waals surface area contributed by atoms with E-state index in [0.717, 1.165) is 12.2 Å². The van der Waals surface area contributed by atoms with E-state index < -0.39 is 0 Å². The van der Waals surface area contributed by atoms with Crippen LogP contribution in [0.15, 0.2) is 24.0 Å². The molecule has 2 N–H and O–H groups in total. The number of rotatable bonds is 6. The Balaban J connectivity index is -0.000000256. The zero-order valence-corrected chi connectivity index (χ0v) is 12.5. The van der Waals surface area contributed by atoms with Crippen molar-refractivity contribution in [2.75, 3.05) is 13.2 Å². The van der Waals surface area contributed by atoms with Gasteiger partial charge in [-0.1, -0.05) is 0 Å². The largest absolute Gasteiger partial charge is 0.481 e. The molecular weight excluding hydrogens is 299 g/mol. The number of aliphatic hydroxyl groups is 2. The first-order chi connectivity index (χ1) is 8.33. The number of carbonyl (C=O) groups excluding carboxylic acids is 2. The van der Waals surface area contributed by atoms with Crippen LogP contribution in [0.2, 0.25) is 0 Å². The van der Waals surface area contributed by atoms with Crippen molar-refractivity contribution in [2.45, 2.75) is 27.7 Å². The van der Waals surface area contributed by atoms with Gasteiger partial charge in [0.05, 0.1) is 25.4 Å². The first-order valence-electron chi connectivity index (χ1n) is 5.41. The molecule has 0 rings (SSSR count). The number of ether oxygens (including phenoxy) is 2. The van der Waals surface area contributed by atoms with E-state index in [-0.39, 0.29) is 40.2 Å². The fourth-order valence-electron chi connectivity index (χ4n) is 0.727. The SMILES string of the molecule is CCO/C(O)=C/C(C)=O.CCO/C(O)=C\C(C)=O.[Co]. The third kappa shape index (κ3) is 22.2. The van der Waals surface area contributed by atoms with Crippen LogP contribution in [-0.2, 0) is 35.8 Å². The summed E-state index contributed by atoms with van der Waals surface area (Å²) >= 11 is 0. The molecule has 0 amide bonds. The summed E-state index contributed by atoms with van der Waals surface area (Å²) in [5.74, 6) is -1.07. The summed E-state index contributed by atoms with van der Waals surface area (Å²) in [5, 5.41) is 17.3. The summed E-state index contributed by atoms with van der Waals surface area (Å²) in [5.41, 5.74) is 0. The van der Waals surface area contributed by atoms with Crippen molar-refractivity contribution in [1.29, 1.82) is 0 Å². The van der Waals surface area contributed by atoms with Crippen LogP contribution in [0.25, 0.3) is 0 Å². The van der Waals surface area contributed by atoms with Crippen LogP contribution in [-0.4, -0.2) is 35.0 Å². The molecule has 0 aliphatic heterocycles.